The predicted molar refractivity (Wildman–Crippen MR) is 84.4 cm³/mol. The van der Waals surface area contributed by atoms with E-state index in [0.717, 1.165) is 0 Å². The fourth-order valence-electron chi connectivity index (χ4n) is 2.11. The summed E-state index contributed by atoms with van der Waals surface area (Å²) in [6.45, 7) is 4.24. The molecule has 0 saturated carbocycles. The van der Waals surface area contributed by atoms with E-state index in [0.29, 0.717) is 22.7 Å². The van der Waals surface area contributed by atoms with Crippen LogP contribution in [0.3, 0.4) is 0 Å². The van der Waals surface area contributed by atoms with Gasteiger partial charge in [0.1, 0.15) is 0 Å². The summed E-state index contributed by atoms with van der Waals surface area (Å²) in [5, 5.41) is 8.93. The fourth-order valence-corrected chi connectivity index (χ4v) is 2.11. The van der Waals surface area contributed by atoms with Gasteiger partial charge in [0.2, 0.25) is 0 Å². The molecule has 3 heteroatoms. The van der Waals surface area contributed by atoms with Crippen LogP contribution in [0.5, 0.6) is 0 Å². The molecule has 0 unspecified atom stereocenters. The van der Waals surface area contributed by atoms with E-state index in [1.807, 2.05) is 30.3 Å². The predicted octanol–water partition coefficient (Wildman–Crippen LogP) is 3.96. The van der Waals surface area contributed by atoms with E-state index in [9.17, 15) is 4.79 Å². The highest BCUT2D eigenvalue weighted by molar-refractivity contribution is 6.05. The second-order valence-electron chi connectivity index (χ2n) is 5.30. The molecule has 2 rings (SSSR count). The lowest BCUT2D eigenvalue weighted by Gasteiger charge is -2.18. The van der Waals surface area contributed by atoms with E-state index in [1.54, 1.807) is 30.1 Å². The van der Waals surface area contributed by atoms with Crippen molar-refractivity contribution in [2.24, 2.45) is 0 Å². The Balaban J connectivity index is 2.24. The zero-order chi connectivity index (χ0) is 15.4. The van der Waals surface area contributed by atoms with Crippen LogP contribution >= 0.6 is 0 Å². The fraction of sp³-hybridized carbons (Fsp3) is 0.222. The lowest BCUT2D eigenvalue weighted by Crippen LogP contribution is -2.26. The van der Waals surface area contributed by atoms with Crippen LogP contribution in [0.15, 0.2) is 48.5 Å². The van der Waals surface area contributed by atoms with Crippen LogP contribution in [-0.4, -0.2) is 13.0 Å². The van der Waals surface area contributed by atoms with Crippen molar-refractivity contribution in [2.75, 3.05) is 11.9 Å². The summed E-state index contributed by atoms with van der Waals surface area (Å²) in [6, 6.07) is 16.8. The summed E-state index contributed by atoms with van der Waals surface area (Å²) in [5.74, 6) is 0.361. The maximum atomic E-state index is 12.5. The number of anilines is 1. The first-order valence-electron chi connectivity index (χ1n) is 6.91. The van der Waals surface area contributed by atoms with Crippen molar-refractivity contribution in [3.05, 3.63) is 65.2 Å². The Morgan fingerprint density at radius 2 is 1.81 bits per heavy atom. The van der Waals surface area contributed by atoms with Crippen molar-refractivity contribution in [3.8, 4) is 6.07 Å². The zero-order valence-electron chi connectivity index (χ0n) is 12.5. The van der Waals surface area contributed by atoms with Gasteiger partial charge in [-0.2, -0.15) is 5.26 Å². The minimum atomic E-state index is -0.0830. The molecule has 0 atom stereocenters. The monoisotopic (exact) mass is 278 g/mol. The largest absolute Gasteiger partial charge is 0.311 e. The topological polar surface area (TPSA) is 44.1 Å². The van der Waals surface area contributed by atoms with Gasteiger partial charge in [0.25, 0.3) is 5.91 Å². The van der Waals surface area contributed by atoms with Gasteiger partial charge in [-0.1, -0.05) is 32.0 Å². The second-order valence-corrected chi connectivity index (χ2v) is 5.30. The Hall–Kier alpha value is -2.60. The number of hydrogen-bond acceptors (Lipinski definition) is 2. The molecule has 0 bridgehead atoms. The summed E-state index contributed by atoms with van der Waals surface area (Å²) < 4.78 is 0. The molecule has 21 heavy (non-hydrogen) atoms. The van der Waals surface area contributed by atoms with Crippen LogP contribution < -0.4 is 4.90 Å². The minimum absolute atomic E-state index is 0.0830. The van der Waals surface area contributed by atoms with Crippen molar-refractivity contribution in [1.29, 1.82) is 5.26 Å². The third kappa shape index (κ3) is 3.29. The third-order valence-electron chi connectivity index (χ3n) is 3.49. The molecule has 0 fully saturated rings. The molecule has 3 nitrogen and oxygen atoms in total. The van der Waals surface area contributed by atoms with Gasteiger partial charge >= 0.3 is 0 Å². The summed E-state index contributed by atoms with van der Waals surface area (Å²) in [4.78, 5) is 14.0. The highest BCUT2D eigenvalue weighted by Crippen LogP contribution is 2.19. The second kappa shape index (κ2) is 6.23. The lowest BCUT2D eigenvalue weighted by atomic mass is 10.0. The van der Waals surface area contributed by atoms with E-state index < -0.39 is 0 Å². The Morgan fingerprint density at radius 3 is 2.38 bits per heavy atom. The van der Waals surface area contributed by atoms with E-state index in [2.05, 4.69) is 19.9 Å². The van der Waals surface area contributed by atoms with Gasteiger partial charge in [-0.25, -0.2) is 0 Å². The van der Waals surface area contributed by atoms with Gasteiger partial charge in [-0.15, -0.1) is 0 Å². The van der Waals surface area contributed by atoms with Crippen molar-refractivity contribution in [3.63, 3.8) is 0 Å². The van der Waals surface area contributed by atoms with Gasteiger partial charge in [0.15, 0.2) is 0 Å². The van der Waals surface area contributed by atoms with Crippen LogP contribution in [0, 0.1) is 11.3 Å². The molecule has 0 radical (unpaired) electrons. The van der Waals surface area contributed by atoms with Crippen LogP contribution in [0.2, 0.25) is 0 Å². The van der Waals surface area contributed by atoms with Crippen molar-refractivity contribution < 1.29 is 4.79 Å². The number of carbonyl (C=O) groups excluding carboxylic acids is 1. The molecule has 2 aromatic rings. The number of benzene rings is 2. The molecule has 0 N–H and O–H groups in total. The Kier molecular flexibility index (Phi) is 4.39. The Bertz CT molecular complexity index is 681. The van der Waals surface area contributed by atoms with Gasteiger partial charge < -0.3 is 4.90 Å². The molecular weight excluding hydrogens is 260 g/mol. The van der Waals surface area contributed by atoms with Gasteiger partial charge in [-0.3, -0.25) is 4.79 Å². The summed E-state index contributed by atoms with van der Waals surface area (Å²) >= 11 is 0. The molecule has 0 aliphatic carbocycles. The highest BCUT2D eigenvalue weighted by Gasteiger charge is 2.14. The number of hydrogen-bond donors (Lipinski definition) is 0. The number of rotatable bonds is 3. The molecule has 0 aliphatic heterocycles. The average molecular weight is 278 g/mol. The maximum Gasteiger partial charge on any atom is 0.258 e. The van der Waals surface area contributed by atoms with E-state index in [1.165, 1.54) is 5.56 Å². The standard InChI is InChI=1S/C18H18N2O/c1-13(2)15-7-9-16(10-8-15)18(21)20(3)17-6-4-5-14(11-17)12-19/h4-11,13H,1-3H3. The van der Waals surface area contributed by atoms with E-state index in [4.69, 9.17) is 5.26 Å². The number of nitrogens with zero attached hydrogens (tertiary/aromatic N) is 2. The molecule has 0 saturated heterocycles. The van der Waals surface area contributed by atoms with Crippen molar-refractivity contribution >= 4 is 11.6 Å². The van der Waals surface area contributed by atoms with Crippen LogP contribution in [0.25, 0.3) is 0 Å². The Morgan fingerprint density at radius 1 is 1.14 bits per heavy atom. The van der Waals surface area contributed by atoms with Gasteiger partial charge in [-0.05, 0) is 41.8 Å². The number of carbonyl (C=O) groups is 1. The molecule has 106 valence electrons. The van der Waals surface area contributed by atoms with Crippen molar-refractivity contribution in [2.45, 2.75) is 19.8 Å². The van der Waals surface area contributed by atoms with Gasteiger partial charge in [0, 0.05) is 18.3 Å². The first-order chi connectivity index (χ1) is 10.0. The molecule has 2 aromatic carbocycles. The van der Waals surface area contributed by atoms with Gasteiger partial charge in [0.05, 0.1) is 11.6 Å². The maximum absolute atomic E-state index is 12.5. The lowest BCUT2D eigenvalue weighted by molar-refractivity contribution is 0.0993. The molecular formula is C18H18N2O. The molecule has 1 amide bonds. The van der Waals surface area contributed by atoms with Crippen LogP contribution in [0.1, 0.15) is 41.3 Å². The molecule has 0 aliphatic rings. The molecule has 0 spiro atoms. The first-order valence-corrected chi connectivity index (χ1v) is 6.91. The number of amides is 1. The first kappa shape index (κ1) is 14.8. The Labute approximate surface area is 125 Å². The normalized spacial score (nSPS) is 10.2. The van der Waals surface area contributed by atoms with E-state index in [-0.39, 0.29) is 5.91 Å². The molecule has 0 heterocycles. The smallest absolute Gasteiger partial charge is 0.258 e. The quantitative estimate of drug-likeness (QED) is 0.853. The SMILES string of the molecule is CC(C)c1ccc(C(=O)N(C)c2cccc(C#N)c2)cc1. The highest BCUT2D eigenvalue weighted by atomic mass is 16.2. The van der Waals surface area contributed by atoms with Crippen molar-refractivity contribution in [1.82, 2.24) is 0 Å². The minimum Gasteiger partial charge on any atom is -0.311 e. The molecule has 0 aromatic heterocycles. The number of nitriles is 1. The summed E-state index contributed by atoms with van der Waals surface area (Å²) in [5.41, 5.74) is 3.11. The summed E-state index contributed by atoms with van der Waals surface area (Å²) in [6.07, 6.45) is 0. The summed E-state index contributed by atoms with van der Waals surface area (Å²) in [7, 11) is 1.72. The third-order valence-corrected chi connectivity index (χ3v) is 3.49. The van der Waals surface area contributed by atoms with E-state index >= 15 is 0 Å². The zero-order valence-corrected chi connectivity index (χ0v) is 12.5. The average Bonchev–Trinajstić information content (AvgIpc) is 2.53. The van der Waals surface area contributed by atoms with Crippen LogP contribution in [-0.2, 0) is 0 Å². The van der Waals surface area contributed by atoms with Crippen LogP contribution in [0.4, 0.5) is 5.69 Å².